The average molecular weight is 264 g/mol. The lowest BCUT2D eigenvalue weighted by Gasteiger charge is -2.06. The molecular weight excluding hydrogens is 257 g/mol. The van der Waals surface area contributed by atoms with E-state index in [1.165, 1.54) is 0 Å². The van der Waals surface area contributed by atoms with Gasteiger partial charge in [-0.05, 0) is 12.1 Å². The highest BCUT2D eigenvalue weighted by molar-refractivity contribution is 7.89. The first-order valence-electron chi connectivity index (χ1n) is 4.41. The van der Waals surface area contributed by atoms with Crippen LogP contribution in [0.4, 0.5) is 13.2 Å². The first-order valence-corrected chi connectivity index (χ1v) is 5.95. The molecule has 0 aliphatic carbocycles. The second-order valence-electron chi connectivity index (χ2n) is 3.46. The Morgan fingerprint density at radius 3 is 2.41 bits per heavy atom. The molecule has 8 heteroatoms. The van der Waals surface area contributed by atoms with Crippen molar-refractivity contribution in [1.82, 2.24) is 4.98 Å². The van der Waals surface area contributed by atoms with Gasteiger partial charge in [-0.2, -0.15) is 13.2 Å². The lowest BCUT2D eigenvalue weighted by atomic mass is 10.1. The lowest BCUT2D eigenvalue weighted by Crippen LogP contribution is -2.11. The van der Waals surface area contributed by atoms with E-state index in [0.717, 1.165) is 24.4 Å². The molecule has 0 radical (unpaired) electrons. The Morgan fingerprint density at radius 1 is 1.24 bits per heavy atom. The van der Waals surface area contributed by atoms with Crippen molar-refractivity contribution in [3.8, 4) is 0 Å². The number of aromatic nitrogens is 1. The van der Waals surface area contributed by atoms with Gasteiger partial charge in [0.15, 0.2) is 0 Å². The lowest BCUT2D eigenvalue weighted by molar-refractivity contribution is -0.137. The number of primary sulfonamides is 1. The van der Waals surface area contributed by atoms with Gasteiger partial charge in [0.25, 0.3) is 0 Å². The van der Waals surface area contributed by atoms with Crippen LogP contribution >= 0.6 is 0 Å². The van der Waals surface area contributed by atoms with Crippen molar-refractivity contribution >= 4 is 20.9 Å². The van der Waals surface area contributed by atoms with E-state index in [4.69, 9.17) is 5.14 Å². The molecule has 3 N–H and O–H groups in total. The molecule has 2 rings (SSSR count). The molecule has 0 spiro atoms. The highest BCUT2D eigenvalue weighted by Gasteiger charge is 2.31. The number of nitrogens with one attached hydrogen (secondary N) is 1. The zero-order valence-electron chi connectivity index (χ0n) is 8.25. The number of sulfonamides is 1. The van der Waals surface area contributed by atoms with Crippen molar-refractivity contribution in [3.05, 3.63) is 30.0 Å². The number of halogens is 3. The van der Waals surface area contributed by atoms with Crippen molar-refractivity contribution < 1.29 is 21.6 Å². The molecule has 0 saturated carbocycles. The molecule has 2 aromatic rings. The van der Waals surface area contributed by atoms with Crippen LogP contribution < -0.4 is 5.14 Å². The summed E-state index contributed by atoms with van der Waals surface area (Å²) in [6, 6.07) is 2.73. The molecule has 0 amide bonds. The molecule has 17 heavy (non-hydrogen) atoms. The van der Waals surface area contributed by atoms with E-state index in [-0.39, 0.29) is 15.8 Å². The Balaban J connectivity index is 2.69. The zero-order valence-corrected chi connectivity index (χ0v) is 9.06. The molecule has 1 aromatic heterocycles. The number of aromatic amines is 1. The maximum atomic E-state index is 12.4. The third-order valence-electron chi connectivity index (χ3n) is 2.28. The molecule has 0 unspecified atom stereocenters. The van der Waals surface area contributed by atoms with Gasteiger partial charge < -0.3 is 4.98 Å². The summed E-state index contributed by atoms with van der Waals surface area (Å²) in [7, 11) is -3.95. The number of hydrogen-bond donors (Lipinski definition) is 2. The van der Waals surface area contributed by atoms with Gasteiger partial charge in [-0.1, -0.05) is 6.07 Å². The Morgan fingerprint density at radius 2 is 1.88 bits per heavy atom. The molecule has 1 aromatic carbocycles. The number of hydrogen-bond acceptors (Lipinski definition) is 2. The Labute approximate surface area is 94.3 Å². The number of H-pyrrole nitrogens is 1. The van der Waals surface area contributed by atoms with E-state index >= 15 is 0 Å². The van der Waals surface area contributed by atoms with E-state index < -0.39 is 21.8 Å². The monoisotopic (exact) mass is 264 g/mol. The zero-order chi connectivity index (χ0) is 12.8. The highest BCUT2D eigenvalue weighted by atomic mass is 32.2. The average Bonchev–Trinajstić information content (AvgIpc) is 2.57. The van der Waals surface area contributed by atoms with Gasteiger partial charge in [-0.25, -0.2) is 13.6 Å². The van der Waals surface area contributed by atoms with Gasteiger partial charge in [0.1, 0.15) is 4.90 Å². The van der Waals surface area contributed by atoms with Crippen LogP contribution in [0.2, 0.25) is 0 Å². The second kappa shape index (κ2) is 3.47. The maximum Gasteiger partial charge on any atom is 0.416 e. The third kappa shape index (κ3) is 2.13. The largest absolute Gasteiger partial charge is 0.416 e. The van der Waals surface area contributed by atoms with Gasteiger partial charge in [0.05, 0.1) is 5.56 Å². The van der Waals surface area contributed by atoms with E-state index in [0.29, 0.717) is 0 Å². The Kier molecular flexibility index (Phi) is 2.44. The fraction of sp³-hybridized carbons (Fsp3) is 0.111. The fourth-order valence-corrected chi connectivity index (χ4v) is 2.22. The first kappa shape index (κ1) is 11.9. The van der Waals surface area contributed by atoms with Crippen LogP contribution in [0.25, 0.3) is 10.9 Å². The highest BCUT2D eigenvalue weighted by Crippen LogP contribution is 2.32. The first-order chi connectivity index (χ1) is 7.69. The molecule has 0 aliphatic rings. The molecule has 0 aliphatic heterocycles. The van der Waals surface area contributed by atoms with E-state index in [2.05, 4.69) is 4.98 Å². The number of fused-ring (bicyclic) bond motifs is 1. The molecule has 0 fully saturated rings. The van der Waals surface area contributed by atoms with Crippen LogP contribution in [0.15, 0.2) is 29.3 Å². The van der Waals surface area contributed by atoms with Crippen LogP contribution in [0.5, 0.6) is 0 Å². The topological polar surface area (TPSA) is 76.0 Å². The van der Waals surface area contributed by atoms with Gasteiger partial charge >= 0.3 is 6.18 Å². The molecule has 0 bridgehead atoms. The number of alkyl halides is 3. The minimum atomic E-state index is -4.47. The normalized spacial score (nSPS) is 13.2. The minimum Gasteiger partial charge on any atom is -0.360 e. The number of nitrogens with two attached hydrogens (primary N) is 1. The Hall–Kier alpha value is -1.54. The van der Waals surface area contributed by atoms with Crippen molar-refractivity contribution in [2.24, 2.45) is 5.14 Å². The van der Waals surface area contributed by atoms with E-state index in [9.17, 15) is 21.6 Å². The van der Waals surface area contributed by atoms with E-state index in [1.54, 1.807) is 0 Å². The molecule has 1 heterocycles. The molecule has 4 nitrogen and oxygen atoms in total. The van der Waals surface area contributed by atoms with Crippen molar-refractivity contribution in [2.45, 2.75) is 11.1 Å². The summed E-state index contributed by atoms with van der Waals surface area (Å²) in [5.74, 6) is 0. The SMILES string of the molecule is NS(=O)(=O)c1c[nH]c2cc(C(F)(F)F)ccc12. The van der Waals surface area contributed by atoms with Crippen molar-refractivity contribution in [1.29, 1.82) is 0 Å². The maximum absolute atomic E-state index is 12.4. The van der Waals surface area contributed by atoms with Crippen LogP contribution in [0.3, 0.4) is 0 Å². The van der Waals surface area contributed by atoms with Gasteiger partial charge in [0, 0.05) is 17.1 Å². The van der Waals surface area contributed by atoms with Crippen LogP contribution in [-0.4, -0.2) is 13.4 Å². The Bertz CT molecular complexity index is 673. The molecule has 92 valence electrons. The van der Waals surface area contributed by atoms with E-state index in [1.807, 2.05) is 0 Å². The summed E-state index contributed by atoms with van der Waals surface area (Å²) >= 11 is 0. The van der Waals surface area contributed by atoms with Gasteiger partial charge in [0.2, 0.25) is 10.0 Å². The molecule has 0 saturated heterocycles. The molecular formula is C9H7F3N2O2S. The van der Waals surface area contributed by atoms with Crippen LogP contribution in [-0.2, 0) is 16.2 Å². The summed E-state index contributed by atoms with van der Waals surface area (Å²) in [5.41, 5.74) is -0.781. The van der Waals surface area contributed by atoms with Crippen molar-refractivity contribution in [3.63, 3.8) is 0 Å². The predicted molar refractivity (Wildman–Crippen MR) is 54.7 cm³/mol. The fourth-order valence-electron chi connectivity index (χ4n) is 1.51. The van der Waals surface area contributed by atoms with Crippen LogP contribution in [0.1, 0.15) is 5.56 Å². The number of benzene rings is 1. The van der Waals surface area contributed by atoms with Crippen molar-refractivity contribution in [2.75, 3.05) is 0 Å². The summed E-state index contributed by atoms with van der Waals surface area (Å²) in [6.07, 6.45) is -3.40. The second-order valence-corrected chi connectivity index (χ2v) is 4.99. The molecule has 0 atom stereocenters. The summed E-state index contributed by atoms with van der Waals surface area (Å²) < 4.78 is 59.4. The van der Waals surface area contributed by atoms with Gasteiger partial charge in [-0.15, -0.1) is 0 Å². The minimum absolute atomic E-state index is 0.0730. The summed E-state index contributed by atoms with van der Waals surface area (Å²) in [6.45, 7) is 0. The smallest absolute Gasteiger partial charge is 0.360 e. The quantitative estimate of drug-likeness (QED) is 0.824. The summed E-state index contributed by atoms with van der Waals surface area (Å²) in [4.78, 5) is 2.23. The summed E-state index contributed by atoms with van der Waals surface area (Å²) in [5, 5.41) is 5.06. The van der Waals surface area contributed by atoms with Gasteiger partial charge in [-0.3, -0.25) is 0 Å². The van der Waals surface area contributed by atoms with Crippen LogP contribution in [0, 0.1) is 0 Å². The third-order valence-corrected chi connectivity index (χ3v) is 3.23. The number of rotatable bonds is 1. The predicted octanol–water partition coefficient (Wildman–Crippen LogP) is 1.83. The standard InChI is InChI=1S/C9H7F3N2O2S/c10-9(11,12)5-1-2-6-7(3-5)14-4-8(6)17(13,15)16/h1-4,14H,(H2,13,15,16).